The van der Waals surface area contributed by atoms with Crippen molar-refractivity contribution in [2.24, 2.45) is 0 Å². The Bertz CT molecular complexity index is 465. The Morgan fingerprint density at radius 1 is 1.00 bits per heavy atom. The standard InChI is InChI=1S/C14H16O2/c15-8-7-14(16)10-11-5-6-12-3-1-2-4-13(12)9-11/h1-6,9,14-16H,7-8,10H2. The molecule has 0 aromatic heterocycles. The first-order chi connectivity index (χ1) is 7.79. The third kappa shape index (κ3) is 2.60. The van der Waals surface area contributed by atoms with E-state index < -0.39 is 6.10 Å². The van der Waals surface area contributed by atoms with Crippen molar-refractivity contribution in [1.29, 1.82) is 0 Å². The highest BCUT2D eigenvalue weighted by Gasteiger charge is 2.05. The summed E-state index contributed by atoms with van der Waals surface area (Å²) in [6.07, 6.45) is 0.587. The van der Waals surface area contributed by atoms with E-state index in [-0.39, 0.29) is 6.61 Å². The Morgan fingerprint density at radius 2 is 1.75 bits per heavy atom. The minimum absolute atomic E-state index is 0.0365. The van der Waals surface area contributed by atoms with Crippen LogP contribution in [0.25, 0.3) is 10.8 Å². The maximum Gasteiger partial charge on any atom is 0.0602 e. The van der Waals surface area contributed by atoms with Gasteiger partial charge in [0.15, 0.2) is 0 Å². The molecule has 0 aliphatic carbocycles. The number of aliphatic hydroxyl groups is 2. The predicted molar refractivity (Wildman–Crippen MR) is 65.4 cm³/mol. The summed E-state index contributed by atoms with van der Waals surface area (Å²) in [5.41, 5.74) is 1.11. The molecule has 0 fully saturated rings. The van der Waals surface area contributed by atoms with Crippen LogP contribution in [0.5, 0.6) is 0 Å². The number of hydrogen-bond acceptors (Lipinski definition) is 2. The molecule has 0 radical (unpaired) electrons. The normalized spacial score (nSPS) is 12.9. The fourth-order valence-corrected chi connectivity index (χ4v) is 1.89. The lowest BCUT2D eigenvalue weighted by atomic mass is 10.0. The molecule has 0 aliphatic heterocycles. The second-order valence-corrected chi connectivity index (χ2v) is 4.05. The zero-order chi connectivity index (χ0) is 11.4. The number of hydrogen-bond donors (Lipinski definition) is 2. The highest BCUT2D eigenvalue weighted by atomic mass is 16.3. The first kappa shape index (κ1) is 11.1. The van der Waals surface area contributed by atoms with Crippen molar-refractivity contribution >= 4 is 10.8 Å². The van der Waals surface area contributed by atoms with Gasteiger partial charge in [0, 0.05) is 6.61 Å². The molecule has 0 amide bonds. The van der Waals surface area contributed by atoms with E-state index in [4.69, 9.17) is 5.11 Å². The molecule has 1 atom stereocenters. The van der Waals surface area contributed by atoms with Crippen molar-refractivity contribution in [2.45, 2.75) is 18.9 Å². The molecular weight excluding hydrogens is 200 g/mol. The minimum Gasteiger partial charge on any atom is -0.396 e. The quantitative estimate of drug-likeness (QED) is 0.822. The van der Waals surface area contributed by atoms with Crippen LogP contribution in [0.3, 0.4) is 0 Å². The second-order valence-electron chi connectivity index (χ2n) is 4.05. The summed E-state index contributed by atoms with van der Waals surface area (Å²) in [7, 11) is 0. The lowest BCUT2D eigenvalue weighted by Crippen LogP contribution is -2.12. The SMILES string of the molecule is OCCC(O)Cc1ccc2ccccc2c1. The molecule has 0 aliphatic rings. The topological polar surface area (TPSA) is 40.5 Å². The first-order valence-electron chi connectivity index (χ1n) is 5.56. The summed E-state index contributed by atoms with van der Waals surface area (Å²) in [5.74, 6) is 0. The van der Waals surface area contributed by atoms with Crippen LogP contribution in [-0.2, 0) is 6.42 Å². The van der Waals surface area contributed by atoms with Gasteiger partial charge in [0.25, 0.3) is 0 Å². The van der Waals surface area contributed by atoms with Gasteiger partial charge in [-0.05, 0) is 29.2 Å². The molecule has 2 nitrogen and oxygen atoms in total. The summed E-state index contributed by atoms with van der Waals surface area (Å²) in [6.45, 7) is 0.0365. The van der Waals surface area contributed by atoms with Crippen LogP contribution in [0.2, 0.25) is 0 Å². The van der Waals surface area contributed by atoms with Crippen LogP contribution < -0.4 is 0 Å². The van der Waals surface area contributed by atoms with Gasteiger partial charge < -0.3 is 10.2 Å². The maximum atomic E-state index is 9.61. The Hall–Kier alpha value is -1.38. The molecule has 2 heteroatoms. The molecule has 16 heavy (non-hydrogen) atoms. The van der Waals surface area contributed by atoms with Crippen molar-refractivity contribution in [3.63, 3.8) is 0 Å². The number of benzene rings is 2. The van der Waals surface area contributed by atoms with Gasteiger partial charge in [0.05, 0.1) is 6.10 Å². The van der Waals surface area contributed by atoms with E-state index in [0.717, 1.165) is 5.56 Å². The maximum absolute atomic E-state index is 9.61. The Labute approximate surface area is 95.2 Å². The molecular formula is C14H16O2. The van der Waals surface area contributed by atoms with E-state index in [2.05, 4.69) is 24.3 Å². The lowest BCUT2D eigenvalue weighted by molar-refractivity contribution is 0.133. The Morgan fingerprint density at radius 3 is 2.50 bits per heavy atom. The molecule has 0 bridgehead atoms. The monoisotopic (exact) mass is 216 g/mol. The molecule has 0 saturated carbocycles. The molecule has 2 rings (SSSR count). The van der Waals surface area contributed by atoms with Crippen LogP contribution >= 0.6 is 0 Å². The summed E-state index contributed by atoms with van der Waals surface area (Å²) >= 11 is 0. The minimum atomic E-state index is -0.453. The van der Waals surface area contributed by atoms with Crippen LogP contribution in [0.15, 0.2) is 42.5 Å². The van der Waals surface area contributed by atoms with Crippen LogP contribution in [0.4, 0.5) is 0 Å². The molecule has 2 aromatic carbocycles. The lowest BCUT2D eigenvalue weighted by Gasteiger charge is -2.09. The van der Waals surface area contributed by atoms with Crippen molar-refractivity contribution in [1.82, 2.24) is 0 Å². The molecule has 2 N–H and O–H groups in total. The largest absolute Gasteiger partial charge is 0.396 e. The summed E-state index contributed by atoms with van der Waals surface area (Å²) in [4.78, 5) is 0. The molecule has 0 spiro atoms. The fraction of sp³-hybridized carbons (Fsp3) is 0.286. The zero-order valence-corrected chi connectivity index (χ0v) is 9.13. The molecule has 0 heterocycles. The number of fused-ring (bicyclic) bond motifs is 1. The van der Waals surface area contributed by atoms with Crippen molar-refractivity contribution < 1.29 is 10.2 Å². The van der Waals surface area contributed by atoms with Crippen molar-refractivity contribution in [3.8, 4) is 0 Å². The third-order valence-electron chi connectivity index (χ3n) is 2.75. The third-order valence-corrected chi connectivity index (χ3v) is 2.75. The van der Waals surface area contributed by atoms with E-state index in [1.165, 1.54) is 10.8 Å². The van der Waals surface area contributed by atoms with Gasteiger partial charge in [0.2, 0.25) is 0 Å². The van der Waals surface area contributed by atoms with E-state index in [9.17, 15) is 5.11 Å². The average Bonchev–Trinajstić information content (AvgIpc) is 2.29. The van der Waals surface area contributed by atoms with E-state index >= 15 is 0 Å². The first-order valence-corrected chi connectivity index (χ1v) is 5.56. The Kier molecular flexibility index (Phi) is 3.54. The van der Waals surface area contributed by atoms with Crippen molar-refractivity contribution in [3.05, 3.63) is 48.0 Å². The fourth-order valence-electron chi connectivity index (χ4n) is 1.89. The zero-order valence-electron chi connectivity index (χ0n) is 9.13. The predicted octanol–water partition coefficient (Wildman–Crippen LogP) is 2.13. The average molecular weight is 216 g/mol. The highest BCUT2D eigenvalue weighted by Crippen LogP contribution is 2.17. The van der Waals surface area contributed by atoms with Crippen molar-refractivity contribution in [2.75, 3.05) is 6.61 Å². The van der Waals surface area contributed by atoms with Gasteiger partial charge in [-0.1, -0.05) is 42.5 Å². The number of aliphatic hydroxyl groups excluding tert-OH is 2. The van der Waals surface area contributed by atoms with Gasteiger partial charge in [-0.15, -0.1) is 0 Å². The van der Waals surface area contributed by atoms with Crippen LogP contribution in [0, 0.1) is 0 Å². The van der Waals surface area contributed by atoms with E-state index in [0.29, 0.717) is 12.8 Å². The van der Waals surface area contributed by atoms with E-state index in [1.807, 2.05) is 18.2 Å². The van der Waals surface area contributed by atoms with Gasteiger partial charge in [-0.2, -0.15) is 0 Å². The summed E-state index contributed by atoms with van der Waals surface area (Å²) in [5, 5.41) is 20.7. The van der Waals surface area contributed by atoms with Crippen LogP contribution in [0.1, 0.15) is 12.0 Å². The molecule has 0 saturated heterocycles. The molecule has 2 aromatic rings. The van der Waals surface area contributed by atoms with E-state index in [1.54, 1.807) is 0 Å². The summed E-state index contributed by atoms with van der Waals surface area (Å²) < 4.78 is 0. The smallest absolute Gasteiger partial charge is 0.0602 e. The summed E-state index contributed by atoms with van der Waals surface area (Å²) in [6, 6.07) is 14.4. The molecule has 84 valence electrons. The van der Waals surface area contributed by atoms with Crippen LogP contribution in [-0.4, -0.2) is 22.9 Å². The molecule has 1 unspecified atom stereocenters. The van der Waals surface area contributed by atoms with Gasteiger partial charge in [-0.25, -0.2) is 0 Å². The van der Waals surface area contributed by atoms with Gasteiger partial charge in [-0.3, -0.25) is 0 Å². The second kappa shape index (κ2) is 5.10. The number of rotatable bonds is 4. The van der Waals surface area contributed by atoms with Gasteiger partial charge >= 0.3 is 0 Å². The Balaban J connectivity index is 2.19. The highest BCUT2D eigenvalue weighted by molar-refractivity contribution is 5.82. The van der Waals surface area contributed by atoms with Gasteiger partial charge in [0.1, 0.15) is 0 Å².